The number of benzene rings is 2. The molecule has 98 valence electrons. The normalized spacial score (nSPS) is 21.4. The lowest BCUT2D eigenvalue weighted by Crippen LogP contribution is -2.29. The Balaban J connectivity index is 2.07. The fourth-order valence-corrected chi connectivity index (χ4v) is 2.50. The molecular formula is C17H18O2. The van der Waals surface area contributed by atoms with Gasteiger partial charge in [-0.15, -0.1) is 0 Å². The molecule has 2 aromatic rings. The molecule has 0 amide bonds. The number of rotatable bonds is 3. The minimum absolute atomic E-state index is 0.153. The Morgan fingerprint density at radius 2 is 1.47 bits per heavy atom. The largest absolute Gasteiger partial charge is 0.339 e. The Bertz CT molecular complexity index is 482. The molecule has 0 aromatic heterocycles. The molecule has 1 aliphatic heterocycles. The van der Waals surface area contributed by atoms with Crippen LogP contribution in [0.3, 0.4) is 0 Å². The van der Waals surface area contributed by atoms with Crippen molar-refractivity contribution in [2.24, 2.45) is 0 Å². The van der Waals surface area contributed by atoms with Gasteiger partial charge in [-0.05, 0) is 6.42 Å². The van der Waals surface area contributed by atoms with Crippen molar-refractivity contribution in [1.82, 2.24) is 0 Å². The van der Waals surface area contributed by atoms with E-state index in [4.69, 9.17) is 9.47 Å². The molecule has 1 saturated heterocycles. The van der Waals surface area contributed by atoms with E-state index in [2.05, 4.69) is 31.2 Å². The minimum atomic E-state index is -0.747. The molecule has 0 saturated carbocycles. The van der Waals surface area contributed by atoms with E-state index in [-0.39, 0.29) is 6.10 Å². The van der Waals surface area contributed by atoms with E-state index in [0.29, 0.717) is 6.61 Å². The quantitative estimate of drug-likeness (QED) is 0.831. The molecule has 0 spiro atoms. The smallest absolute Gasteiger partial charge is 0.222 e. The van der Waals surface area contributed by atoms with Crippen molar-refractivity contribution < 1.29 is 9.47 Å². The van der Waals surface area contributed by atoms with Crippen LogP contribution in [0.15, 0.2) is 60.7 Å². The maximum Gasteiger partial charge on any atom is 0.222 e. The van der Waals surface area contributed by atoms with Gasteiger partial charge in [-0.1, -0.05) is 67.6 Å². The Labute approximate surface area is 114 Å². The summed E-state index contributed by atoms with van der Waals surface area (Å²) in [5, 5.41) is 0. The zero-order valence-corrected chi connectivity index (χ0v) is 11.1. The molecular weight excluding hydrogens is 236 g/mol. The summed E-state index contributed by atoms with van der Waals surface area (Å²) < 4.78 is 12.3. The summed E-state index contributed by atoms with van der Waals surface area (Å²) in [7, 11) is 0. The first-order valence-electron chi connectivity index (χ1n) is 6.78. The molecule has 1 heterocycles. The van der Waals surface area contributed by atoms with Crippen LogP contribution in [0.25, 0.3) is 0 Å². The molecule has 2 heteroatoms. The first-order valence-corrected chi connectivity index (χ1v) is 6.78. The van der Waals surface area contributed by atoms with E-state index >= 15 is 0 Å². The second kappa shape index (κ2) is 5.16. The van der Waals surface area contributed by atoms with Gasteiger partial charge in [0.2, 0.25) is 5.79 Å². The summed E-state index contributed by atoms with van der Waals surface area (Å²) in [4.78, 5) is 0. The van der Waals surface area contributed by atoms with Crippen LogP contribution in [0.4, 0.5) is 0 Å². The van der Waals surface area contributed by atoms with Crippen LogP contribution in [-0.2, 0) is 15.3 Å². The second-order valence-electron chi connectivity index (χ2n) is 4.81. The van der Waals surface area contributed by atoms with Crippen molar-refractivity contribution >= 4 is 0 Å². The van der Waals surface area contributed by atoms with Crippen LogP contribution in [0.2, 0.25) is 0 Å². The van der Waals surface area contributed by atoms with Crippen LogP contribution in [-0.4, -0.2) is 12.7 Å². The maximum absolute atomic E-state index is 6.25. The van der Waals surface area contributed by atoms with E-state index in [9.17, 15) is 0 Å². The third-order valence-corrected chi connectivity index (χ3v) is 3.57. The van der Waals surface area contributed by atoms with E-state index in [0.717, 1.165) is 17.5 Å². The summed E-state index contributed by atoms with van der Waals surface area (Å²) in [6, 6.07) is 20.3. The molecule has 2 nitrogen and oxygen atoms in total. The molecule has 1 atom stereocenters. The van der Waals surface area contributed by atoms with Crippen molar-refractivity contribution in [2.45, 2.75) is 25.2 Å². The third kappa shape index (κ3) is 2.18. The predicted molar refractivity (Wildman–Crippen MR) is 74.8 cm³/mol. The fraction of sp³-hybridized carbons (Fsp3) is 0.294. The van der Waals surface area contributed by atoms with Crippen molar-refractivity contribution in [1.29, 1.82) is 0 Å². The van der Waals surface area contributed by atoms with E-state index < -0.39 is 5.79 Å². The lowest BCUT2D eigenvalue weighted by atomic mass is 9.97. The van der Waals surface area contributed by atoms with Crippen LogP contribution < -0.4 is 0 Å². The number of hydrogen-bond donors (Lipinski definition) is 0. The van der Waals surface area contributed by atoms with Gasteiger partial charge < -0.3 is 9.47 Å². The highest BCUT2D eigenvalue weighted by molar-refractivity contribution is 5.34. The van der Waals surface area contributed by atoms with Crippen LogP contribution >= 0.6 is 0 Å². The Morgan fingerprint density at radius 1 is 0.947 bits per heavy atom. The molecule has 0 bridgehead atoms. The molecule has 1 unspecified atom stereocenters. The first-order chi connectivity index (χ1) is 9.35. The standard InChI is InChI=1S/C17H18O2/c1-2-16-13-18-17(19-16,14-9-5-3-6-10-14)15-11-7-4-8-12-15/h3-12,16H,2,13H2,1H3. The van der Waals surface area contributed by atoms with Gasteiger partial charge in [-0.2, -0.15) is 0 Å². The van der Waals surface area contributed by atoms with E-state index in [1.807, 2.05) is 36.4 Å². The highest BCUT2D eigenvalue weighted by Gasteiger charge is 2.44. The average molecular weight is 254 g/mol. The second-order valence-corrected chi connectivity index (χ2v) is 4.81. The van der Waals surface area contributed by atoms with Crippen molar-refractivity contribution in [3.63, 3.8) is 0 Å². The van der Waals surface area contributed by atoms with Gasteiger partial charge in [-0.3, -0.25) is 0 Å². The maximum atomic E-state index is 6.25. The zero-order valence-electron chi connectivity index (χ0n) is 11.1. The summed E-state index contributed by atoms with van der Waals surface area (Å²) >= 11 is 0. The van der Waals surface area contributed by atoms with Gasteiger partial charge in [0.15, 0.2) is 0 Å². The zero-order chi connectivity index (χ0) is 13.1. The van der Waals surface area contributed by atoms with Crippen molar-refractivity contribution in [2.75, 3.05) is 6.61 Å². The Hall–Kier alpha value is -1.64. The predicted octanol–water partition coefficient (Wildman–Crippen LogP) is 3.71. The molecule has 19 heavy (non-hydrogen) atoms. The highest BCUT2D eigenvalue weighted by atomic mass is 16.7. The SMILES string of the molecule is CCC1COC(c2ccccc2)(c2ccccc2)O1. The molecule has 0 radical (unpaired) electrons. The van der Waals surface area contributed by atoms with E-state index in [1.54, 1.807) is 0 Å². The van der Waals surface area contributed by atoms with E-state index in [1.165, 1.54) is 0 Å². The summed E-state index contributed by atoms with van der Waals surface area (Å²) in [6.07, 6.45) is 1.11. The molecule has 2 aromatic carbocycles. The Kier molecular flexibility index (Phi) is 3.36. The summed E-state index contributed by atoms with van der Waals surface area (Å²) in [6.45, 7) is 2.76. The van der Waals surface area contributed by atoms with Gasteiger partial charge in [-0.25, -0.2) is 0 Å². The van der Waals surface area contributed by atoms with Gasteiger partial charge in [0.25, 0.3) is 0 Å². The van der Waals surface area contributed by atoms with Crippen molar-refractivity contribution in [3.8, 4) is 0 Å². The molecule has 0 aliphatic carbocycles. The topological polar surface area (TPSA) is 18.5 Å². The average Bonchev–Trinajstić information content (AvgIpc) is 2.95. The molecule has 0 N–H and O–H groups in total. The first kappa shape index (κ1) is 12.4. The van der Waals surface area contributed by atoms with Gasteiger partial charge in [0.1, 0.15) is 0 Å². The van der Waals surface area contributed by atoms with Crippen LogP contribution in [0.1, 0.15) is 24.5 Å². The molecule has 1 aliphatic rings. The van der Waals surface area contributed by atoms with Gasteiger partial charge in [0, 0.05) is 11.1 Å². The number of hydrogen-bond acceptors (Lipinski definition) is 2. The summed E-state index contributed by atoms with van der Waals surface area (Å²) in [5.41, 5.74) is 2.11. The van der Waals surface area contributed by atoms with Crippen LogP contribution in [0.5, 0.6) is 0 Å². The fourth-order valence-electron chi connectivity index (χ4n) is 2.50. The lowest BCUT2D eigenvalue weighted by Gasteiger charge is -2.29. The number of ether oxygens (including phenoxy) is 2. The van der Waals surface area contributed by atoms with Crippen LogP contribution in [0, 0.1) is 0 Å². The lowest BCUT2D eigenvalue weighted by molar-refractivity contribution is -0.142. The highest BCUT2D eigenvalue weighted by Crippen LogP contribution is 2.40. The molecule has 3 rings (SSSR count). The Morgan fingerprint density at radius 3 is 1.89 bits per heavy atom. The van der Waals surface area contributed by atoms with Gasteiger partial charge in [0.05, 0.1) is 12.7 Å². The minimum Gasteiger partial charge on any atom is -0.339 e. The van der Waals surface area contributed by atoms with Gasteiger partial charge >= 0.3 is 0 Å². The summed E-state index contributed by atoms with van der Waals surface area (Å²) in [5.74, 6) is -0.747. The third-order valence-electron chi connectivity index (χ3n) is 3.57. The van der Waals surface area contributed by atoms with Crippen molar-refractivity contribution in [3.05, 3.63) is 71.8 Å². The monoisotopic (exact) mass is 254 g/mol. The molecule has 1 fully saturated rings.